The number of rotatable bonds is 8. The van der Waals surface area contributed by atoms with E-state index in [2.05, 4.69) is 20.2 Å². The number of benzene rings is 1. The minimum atomic E-state index is -1.63. The van der Waals surface area contributed by atoms with E-state index < -0.39 is 23.2 Å². The van der Waals surface area contributed by atoms with Crippen molar-refractivity contribution in [2.24, 2.45) is 5.92 Å². The Balaban J connectivity index is 1.52. The van der Waals surface area contributed by atoms with Gasteiger partial charge in [-0.25, -0.2) is 28.1 Å². The Morgan fingerprint density at radius 1 is 1.19 bits per heavy atom. The summed E-state index contributed by atoms with van der Waals surface area (Å²) in [5, 5.41) is 19.7. The highest BCUT2D eigenvalue weighted by Crippen LogP contribution is 2.35. The molecule has 0 bridgehead atoms. The van der Waals surface area contributed by atoms with Gasteiger partial charge in [0.15, 0.2) is 5.82 Å². The molecule has 0 unspecified atom stereocenters. The molecule has 0 spiro atoms. The first-order valence-electron chi connectivity index (χ1n) is 10.1. The summed E-state index contributed by atoms with van der Waals surface area (Å²) in [5.41, 5.74) is -0.737. The highest BCUT2D eigenvalue weighted by Gasteiger charge is 2.38. The van der Waals surface area contributed by atoms with Crippen LogP contribution in [0.2, 0.25) is 0 Å². The summed E-state index contributed by atoms with van der Waals surface area (Å²) >= 11 is 0. The first kappa shape index (κ1) is 21.5. The monoisotopic (exact) mass is 436 g/mol. The van der Waals surface area contributed by atoms with E-state index in [1.54, 1.807) is 17.1 Å². The number of hydrogen-bond donors (Lipinski definition) is 1. The van der Waals surface area contributed by atoms with Crippen LogP contribution in [0.15, 0.2) is 73.7 Å². The van der Waals surface area contributed by atoms with E-state index in [-0.39, 0.29) is 12.1 Å². The third kappa shape index (κ3) is 4.62. The molecular formula is C23H22F2N6O. The van der Waals surface area contributed by atoms with Crippen LogP contribution < -0.4 is 0 Å². The van der Waals surface area contributed by atoms with Gasteiger partial charge in [0.2, 0.25) is 0 Å². The van der Waals surface area contributed by atoms with E-state index in [0.717, 1.165) is 17.7 Å². The van der Waals surface area contributed by atoms with E-state index in [4.69, 9.17) is 0 Å². The average Bonchev–Trinajstić information content (AvgIpc) is 3.48. The van der Waals surface area contributed by atoms with Gasteiger partial charge in [-0.05, 0) is 42.2 Å². The molecular weight excluding hydrogens is 414 g/mol. The number of hydrogen-bond acceptors (Lipinski definition) is 5. The Bertz CT molecular complexity index is 1180. The van der Waals surface area contributed by atoms with Gasteiger partial charge in [-0.3, -0.25) is 0 Å². The Morgan fingerprint density at radius 3 is 2.72 bits per heavy atom. The van der Waals surface area contributed by atoms with Gasteiger partial charge in [-0.2, -0.15) is 10.2 Å². The van der Waals surface area contributed by atoms with E-state index >= 15 is 0 Å². The van der Waals surface area contributed by atoms with Gasteiger partial charge >= 0.3 is 0 Å². The van der Waals surface area contributed by atoms with Gasteiger partial charge < -0.3 is 5.11 Å². The smallest absolute Gasteiger partial charge is 0.153 e. The van der Waals surface area contributed by atoms with Crippen LogP contribution in [0.25, 0.3) is 11.9 Å². The molecule has 0 fully saturated rings. The molecule has 0 amide bonds. The molecule has 4 aromatic rings. The lowest BCUT2D eigenvalue weighted by molar-refractivity contribution is -0.0379. The molecule has 9 heteroatoms. The second-order valence-electron chi connectivity index (χ2n) is 7.58. The van der Waals surface area contributed by atoms with Crippen LogP contribution in [-0.4, -0.2) is 34.6 Å². The molecule has 0 aliphatic heterocycles. The van der Waals surface area contributed by atoms with Crippen LogP contribution >= 0.6 is 0 Å². The lowest BCUT2D eigenvalue weighted by Crippen LogP contribution is -2.39. The second kappa shape index (κ2) is 9.19. The molecule has 3 heterocycles. The van der Waals surface area contributed by atoms with Crippen LogP contribution in [0.3, 0.4) is 0 Å². The summed E-state index contributed by atoms with van der Waals surface area (Å²) in [4.78, 5) is 8.26. The van der Waals surface area contributed by atoms with E-state index in [0.29, 0.717) is 12.2 Å². The third-order valence-corrected chi connectivity index (χ3v) is 5.39. The fraction of sp³-hybridized carbons (Fsp3) is 0.217. The molecule has 3 aromatic heterocycles. The molecule has 4 rings (SSSR count). The number of allylic oxidation sites excluding steroid dienone is 1. The van der Waals surface area contributed by atoms with Crippen molar-refractivity contribution in [1.29, 1.82) is 0 Å². The minimum Gasteiger partial charge on any atom is -0.383 e. The van der Waals surface area contributed by atoms with Crippen LogP contribution in [0.5, 0.6) is 0 Å². The Morgan fingerprint density at radius 2 is 2.06 bits per heavy atom. The van der Waals surface area contributed by atoms with Crippen LogP contribution in [0, 0.1) is 17.6 Å². The van der Waals surface area contributed by atoms with Crippen molar-refractivity contribution in [3.05, 3.63) is 96.5 Å². The number of nitrogens with zero attached hydrogens (tertiary/aromatic N) is 6. The topological polar surface area (TPSA) is 81.6 Å². The maximum Gasteiger partial charge on any atom is 0.153 e. The number of pyridine rings is 1. The molecule has 1 N–H and O–H groups in total. The van der Waals surface area contributed by atoms with Crippen molar-refractivity contribution in [3.8, 4) is 5.82 Å². The maximum atomic E-state index is 14.6. The van der Waals surface area contributed by atoms with Crippen molar-refractivity contribution < 1.29 is 13.9 Å². The summed E-state index contributed by atoms with van der Waals surface area (Å²) in [6.07, 6.45) is 12.2. The van der Waals surface area contributed by atoms with E-state index in [9.17, 15) is 13.9 Å². The van der Waals surface area contributed by atoms with Crippen molar-refractivity contribution in [1.82, 2.24) is 29.5 Å². The third-order valence-electron chi connectivity index (χ3n) is 5.39. The molecule has 0 radical (unpaired) electrons. The van der Waals surface area contributed by atoms with Crippen molar-refractivity contribution in [2.75, 3.05) is 0 Å². The first-order valence-corrected chi connectivity index (χ1v) is 10.1. The van der Waals surface area contributed by atoms with Crippen LogP contribution in [-0.2, 0) is 12.1 Å². The van der Waals surface area contributed by atoms with Crippen LogP contribution in [0.4, 0.5) is 8.78 Å². The summed E-state index contributed by atoms with van der Waals surface area (Å²) in [7, 11) is 0. The van der Waals surface area contributed by atoms with Crippen molar-refractivity contribution in [2.45, 2.75) is 25.5 Å². The molecule has 32 heavy (non-hydrogen) atoms. The SMILES string of the molecule is C[C@@H](C/C=C/c1ccc(-n2cccn2)nc1)[C@](O)(Cn1cncn1)c1ccc(F)cc1F. The molecule has 0 aliphatic rings. The average molecular weight is 436 g/mol. The maximum absolute atomic E-state index is 14.6. The highest BCUT2D eigenvalue weighted by atomic mass is 19.1. The van der Waals surface area contributed by atoms with Crippen molar-refractivity contribution >= 4 is 6.08 Å². The standard InChI is InChI=1S/C23H22F2N6O/c1-17(4-2-5-18-6-9-22(27-13-18)31-11-3-10-28-31)23(32,14-30-16-26-15-29-30)20-8-7-19(24)12-21(20)25/h2-3,5-13,15-17,32H,4,14H2,1H3/b5-2+/t17-,23+/m0/s1. The van der Waals surface area contributed by atoms with Gasteiger partial charge in [-0.15, -0.1) is 0 Å². The lowest BCUT2D eigenvalue weighted by atomic mass is 9.80. The van der Waals surface area contributed by atoms with Crippen molar-refractivity contribution in [3.63, 3.8) is 0 Å². The molecule has 7 nitrogen and oxygen atoms in total. The largest absolute Gasteiger partial charge is 0.383 e. The van der Waals surface area contributed by atoms with Gasteiger partial charge in [0.25, 0.3) is 0 Å². The first-order chi connectivity index (χ1) is 15.5. The molecule has 0 saturated heterocycles. The molecule has 1 aromatic carbocycles. The Kier molecular flexibility index (Phi) is 6.18. The van der Waals surface area contributed by atoms with E-state index in [1.807, 2.05) is 43.5 Å². The molecule has 0 saturated carbocycles. The normalized spacial score (nSPS) is 14.5. The zero-order chi connectivity index (χ0) is 22.6. The molecule has 2 atom stereocenters. The van der Waals surface area contributed by atoms with Gasteiger partial charge in [0.05, 0.1) is 6.54 Å². The molecule has 164 valence electrons. The predicted octanol–water partition coefficient (Wildman–Crippen LogP) is 3.76. The summed E-state index contributed by atoms with van der Waals surface area (Å²) < 4.78 is 31.1. The zero-order valence-electron chi connectivity index (χ0n) is 17.4. The Hall–Kier alpha value is -3.72. The number of aliphatic hydroxyl groups is 1. The van der Waals surface area contributed by atoms with Gasteiger partial charge in [0.1, 0.15) is 29.9 Å². The molecule has 0 aliphatic carbocycles. The predicted molar refractivity (Wildman–Crippen MR) is 114 cm³/mol. The summed E-state index contributed by atoms with van der Waals surface area (Å²) in [6.45, 7) is 1.79. The Labute approximate surface area is 183 Å². The minimum absolute atomic E-state index is 0.0144. The lowest BCUT2D eigenvalue weighted by Gasteiger charge is -2.34. The quantitative estimate of drug-likeness (QED) is 0.455. The highest BCUT2D eigenvalue weighted by molar-refractivity contribution is 5.49. The second-order valence-corrected chi connectivity index (χ2v) is 7.58. The summed E-state index contributed by atoms with van der Waals surface area (Å²) in [5.74, 6) is -1.22. The van der Waals surface area contributed by atoms with Gasteiger partial charge in [0, 0.05) is 30.2 Å². The van der Waals surface area contributed by atoms with E-state index in [1.165, 1.54) is 23.4 Å². The van der Waals surface area contributed by atoms with Crippen LogP contribution in [0.1, 0.15) is 24.5 Å². The zero-order valence-corrected chi connectivity index (χ0v) is 17.4. The van der Waals surface area contributed by atoms with Gasteiger partial charge in [-0.1, -0.05) is 25.1 Å². The number of halogens is 2. The fourth-order valence-electron chi connectivity index (χ4n) is 3.55. The fourth-order valence-corrected chi connectivity index (χ4v) is 3.55. The number of aromatic nitrogens is 6. The summed E-state index contributed by atoms with van der Waals surface area (Å²) in [6, 6.07) is 8.77.